The predicted octanol–water partition coefficient (Wildman–Crippen LogP) is -2.99. The Hall–Kier alpha value is -7.68. The Balaban J connectivity index is 1.83. The maximum absolute atomic E-state index is 14.5. The number of aliphatic hydroxyl groups excluding tert-OH is 1. The number of likely N-dealkylation sites (tertiary alicyclic amines) is 1. The van der Waals surface area contributed by atoms with Crippen molar-refractivity contribution >= 4 is 65.2 Å². The minimum absolute atomic E-state index is 0.0199. The third-order valence-electron chi connectivity index (χ3n) is 12.1. The van der Waals surface area contributed by atoms with Gasteiger partial charge in [0.2, 0.25) is 47.3 Å². The minimum atomic E-state index is -1.62. The quantitative estimate of drug-likeness (QED) is 0.0197. The van der Waals surface area contributed by atoms with Crippen LogP contribution >= 0.6 is 0 Å². The lowest BCUT2D eigenvalue weighted by Gasteiger charge is -2.31. The van der Waals surface area contributed by atoms with Gasteiger partial charge in [-0.3, -0.25) is 48.1 Å². The maximum Gasteiger partial charge on any atom is 0.326 e. The van der Waals surface area contributed by atoms with Gasteiger partial charge >= 0.3 is 11.9 Å². The van der Waals surface area contributed by atoms with E-state index < -0.39 is 133 Å². The number of aromatic nitrogens is 2. The van der Waals surface area contributed by atoms with Gasteiger partial charge in [0, 0.05) is 44.2 Å². The molecule has 2 heterocycles. The molecule has 3 rings (SSSR count). The maximum atomic E-state index is 14.5. The van der Waals surface area contributed by atoms with Crippen molar-refractivity contribution in [1.29, 1.82) is 0 Å². The number of aliphatic carboxylic acids is 2. The van der Waals surface area contributed by atoms with Crippen LogP contribution in [-0.2, 0) is 60.8 Å². The number of carboxylic acids is 2. The molecule has 0 spiro atoms. The molecule has 1 aliphatic rings. The lowest BCUT2D eigenvalue weighted by Crippen LogP contribution is -2.61. The number of aliphatic hydroxyl groups is 1. The number of aliphatic imine (C=N–C) groups is 1. The summed E-state index contributed by atoms with van der Waals surface area (Å²) < 4.78 is 0. The highest BCUT2D eigenvalue weighted by Crippen LogP contribution is 2.21. The van der Waals surface area contributed by atoms with E-state index in [1.54, 1.807) is 58.0 Å². The topological polar surface area (TPSA) is 438 Å². The number of nitrogens with zero attached hydrogens (tertiary/aromatic N) is 3. The van der Waals surface area contributed by atoms with E-state index in [-0.39, 0.29) is 75.8 Å². The Morgan fingerprint density at radius 1 is 0.697 bits per heavy atom. The van der Waals surface area contributed by atoms with E-state index in [9.17, 15) is 63.3 Å². The molecule has 420 valence electrons. The number of imidazole rings is 1. The summed E-state index contributed by atoms with van der Waals surface area (Å²) in [5, 5.41) is 47.5. The van der Waals surface area contributed by atoms with Crippen molar-refractivity contribution in [2.75, 3.05) is 19.7 Å². The van der Waals surface area contributed by atoms with Crippen LogP contribution in [0.3, 0.4) is 0 Å². The monoisotopic (exact) mass is 1070 g/mol. The van der Waals surface area contributed by atoms with E-state index in [2.05, 4.69) is 52.2 Å². The van der Waals surface area contributed by atoms with Gasteiger partial charge in [-0.25, -0.2) is 9.78 Å². The highest BCUT2D eigenvalue weighted by Gasteiger charge is 2.41. The van der Waals surface area contributed by atoms with Crippen LogP contribution in [0.4, 0.5) is 0 Å². The number of H-pyrrole nitrogens is 1. The van der Waals surface area contributed by atoms with Gasteiger partial charge in [0.15, 0.2) is 5.96 Å². The van der Waals surface area contributed by atoms with Gasteiger partial charge in [0.1, 0.15) is 48.3 Å². The molecule has 1 saturated heterocycles. The van der Waals surface area contributed by atoms with Gasteiger partial charge in [-0.15, -0.1) is 0 Å². The summed E-state index contributed by atoms with van der Waals surface area (Å²) in [6.45, 7) is 7.76. The SMILES string of the molecule is CC(C)C[C@H](NC(=O)[C@H](CO)NC(=O)[C@@H]1CCCN1C(=O)[C@H](CC(C)C)NC(=O)[C@H](Cc1cnc[nH]1)NC(=O)[C@H](CCC(=O)O)NC(=O)[C@H](Cc1ccccc1)NC(=O)[C@H](C)N)C(=O)N[C@@H](CCCN=C(N)N)C(=O)O. The Labute approximate surface area is 440 Å². The van der Waals surface area contributed by atoms with Crippen LogP contribution in [0.25, 0.3) is 0 Å². The number of carbonyl (C=O) groups is 10. The second-order valence-corrected chi connectivity index (χ2v) is 19.5. The standard InChI is InChI=1S/C49H76N14O13/c1-26(2)19-33(42(69)57-32(48(75)76)13-9-17-54-49(51)52)59-45(72)37(24-64)62-46(73)38-14-10-18-63(38)47(74)36(20-27(3)4)61-44(71)35(22-30-23-53-25-55-30)60-41(68)31(15-16-39(65)66)56-43(70)34(58-40(67)28(5)50)21-29-11-7-6-8-12-29/h6-8,11-12,23,25-28,31-38,64H,9-10,13-22,24,50H2,1-5H3,(H,53,55)(H,56,70)(H,57,69)(H,58,67)(H,59,72)(H,60,68)(H,61,71)(H,62,73)(H,65,66)(H,75,76)(H4,51,52,54)/t28-,31-,32-,33-,34-,35-,36-,37-,38-/m0/s1. The first kappa shape index (κ1) is 62.6. The molecule has 0 bridgehead atoms. The van der Waals surface area contributed by atoms with Crippen LogP contribution in [0.15, 0.2) is 47.8 Å². The number of amides is 8. The molecule has 0 aliphatic carbocycles. The van der Waals surface area contributed by atoms with E-state index >= 15 is 0 Å². The smallest absolute Gasteiger partial charge is 0.326 e. The first-order valence-electron chi connectivity index (χ1n) is 25.2. The van der Waals surface area contributed by atoms with E-state index in [4.69, 9.17) is 17.2 Å². The molecule has 27 nitrogen and oxygen atoms in total. The van der Waals surface area contributed by atoms with Gasteiger partial charge in [-0.1, -0.05) is 58.0 Å². The van der Waals surface area contributed by atoms with Crippen LogP contribution in [0.1, 0.15) is 97.2 Å². The normalized spacial score (nSPS) is 16.3. The summed E-state index contributed by atoms with van der Waals surface area (Å²) in [7, 11) is 0. The Kier molecular flexibility index (Phi) is 25.8. The molecule has 9 atom stereocenters. The largest absolute Gasteiger partial charge is 0.481 e. The van der Waals surface area contributed by atoms with Gasteiger partial charge < -0.3 is 79.6 Å². The van der Waals surface area contributed by atoms with Crippen LogP contribution in [-0.4, -0.2) is 169 Å². The van der Waals surface area contributed by atoms with Crippen molar-refractivity contribution in [2.45, 2.75) is 153 Å². The number of carbonyl (C=O) groups excluding carboxylic acids is 8. The van der Waals surface area contributed by atoms with Crippen molar-refractivity contribution in [3.05, 3.63) is 54.1 Å². The van der Waals surface area contributed by atoms with E-state index in [0.717, 1.165) is 0 Å². The van der Waals surface area contributed by atoms with E-state index in [1.807, 2.05) is 0 Å². The molecule has 76 heavy (non-hydrogen) atoms. The third kappa shape index (κ3) is 21.3. The van der Waals surface area contributed by atoms with Gasteiger partial charge in [-0.05, 0) is 69.3 Å². The molecule has 27 heteroatoms. The summed E-state index contributed by atoms with van der Waals surface area (Å²) in [4.78, 5) is 146. The fraction of sp³-hybridized carbons (Fsp3) is 0.592. The lowest BCUT2D eigenvalue weighted by atomic mass is 10.0. The van der Waals surface area contributed by atoms with Crippen LogP contribution < -0.4 is 54.4 Å². The zero-order valence-electron chi connectivity index (χ0n) is 43.6. The molecule has 17 N–H and O–H groups in total. The lowest BCUT2D eigenvalue weighted by molar-refractivity contribution is -0.143. The summed E-state index contributed by atoms with van der Waals surface area (Å²) in [5.41, 5.74) is 17.5. The fourth-order valence-electron chi connectivity index (χ4n) is 8.21. The molecule has 0 saturated carbocycles. The summed E-state index contributed by atoms with van der Waals surface area (Å²) in [5.74, 6) is -9.85. The minimum Gasteiger partial charge on any atom is -0.481 e. The highest BCUT2D eigenvalue weighted by molar-refractivity contribution is 5.98. The van der Waals surface area contributed by atoms with Crippen molar-refractivity contribution in [3.8, 4) is 0 Å². The number of carboxylic acid groups (broad SMARTS) is 2. The Bertz CT molecular complexity index is 2310. The van der Waals surface area contributed by atoms with Crippen molar-refractivity contribution < 1.29 is 63.3 Å². The number of hydrogen-bond acceptors (Lipinski definition) is 14. The number of hydrogen-bond donors (Lipinski definition) is 14. The van der Waals surface area contributed by atoms with Crippen molar-refractivity contribution in [2.24, 2.45) is 34.0 Å². The summed E-state index contributed by atoms with van der Waals surface area (Å²) in [6, 6.07) is -3.35. The molecule has 1 fully saturated rings. The third-order valence-corrected chi connectivity index (χ3v) is 12.1. The molecule has 2 aromatic rings. The zero-order chi connectivity index (χ0) is 56.6. The second-order valence-electron chi connectivity index (χ2n) is 19.5. The summed E-state index contributed by atoms with van der Waals surface area (Å²) in [6.07, 6.45) is 2.21. The molecule has 0 unspecified atom stereocenters. The molecule has 1 aromatic carbocycles. The Morgan fingerprint density at radius 2 is 1.24 bits per heavy atom. The predicted molar refractivity (Wildman–Crippen MR) is 275 cm³/mol. The van der Waals surface area contributed by atoms with Gasteiger partial charge in [-0.2, -0.15) is 0 Å². The number of rotatable bonds is 32. The number of benzene rings is 1. The number of aromatic amines is 1. The van der Waals surface area contributed by atoms with Crippen LogP contribution in [0, 0.1) is 11.8 Å². The molecule has 1 aromatic heterocycles. The average molecular weight is 1070 g/mol. The first-order valence-corrected chi connectivity index (χ1v) is 25.2. The second kappa shape index (κ2) is 31.3. The molecule has 8 amide bonds. The van der Waals surface area contributed by atoms with E-state index in [0.29, 0.717) is 17.7 Å². The molecular formula is C49H76N14O13. The fourth-order valence-corrected chi connectivity index (χ4v) is 8.21. The number of nitrogens with one attached hydrogen (secondary N) is 8. The van der Waals surface area contributed by atoms with Crippen molar-refractivity contribution in [3.63, 3.8) is 0 Å². The first-order chi connectivity index (χ1) is 35.9. The molecule has 1 aliphatic heterocycles. The summed E-state index contributed by atoms with van der Waals surface area (Å²) >= 11 is 0. The Morgan fingerprint density at radius 3 is 1.80 bits per heavy atom. The van der Waals surface area contributed by atoms with Gasteiger partial charge in [0.05, 0.1) is 19.0 Å². The average Bonchev–Trinajstić information content (AvgIpc) is 4.07. The highest BCUT2D eigenvalue weighted by atomic mass is 16.4. The van der Waals surface area contributed by atoms with Crippen molar-refractivity contribution in [1.82, 2.24) is 52.1 Å². The van der Waals surface area contributed by atoms with E-state index in [1.165, 1.54) is 24.3 Å². The number of guanidine groups is 1. The zero-order valence-corrected chi connectivity index (χ0v) is 43.6. The van der Waals surface area contributed by atoms with Gasteiger partial charge in [0.25, 0.3) is 0 Å². The number of nitrogens with two attached hydrogens (primary N) is 3. The van der Waals surface area contributed by atoms with Crippen LogP contribution in [0.5, 0.6) is 0 Å². The molecular weight excluding hydrogens is 993 g/mol. The molecule has 0 radical (unpaired) electrons. The van der Waals surface area contributed by atoms with Crippen LogP contribution in [0.2, 0.25) is 0 Å².